The molecule has 0 aliphatic heterocycles. The van der Waals surface area contributed by atoms with Gasteiger partial charge in [-0.05, 0) is 41.3 Å². The molecule has 4 rings (SSSR count). The number of nitrogens with one attached hydrogen (secondary N) is 2. The number of hydrogen-bond donors (Lipinski definition) is 2. The molecule has 0 bridgehead atoms. The van der Waals surface area contributed by atoms with Crippen LogP contribution >= 0.6 is 11.3 Å². The zero-order valence-electron chi connectivity index (χ0n) is 15.2. The van der Waals surface area contributed by atoms with Crippen molar-refractivity contribution in [1.29, 1.82) is 0 Å². The predicted octanol–water partition coefficient (Wildman–Crippen LogP) is 4.14. The maximum Gasteiger partial charge on any atom is 0.269 e. The number of methoxy groups -OCH3 is 1. The first-order valence-electron chi connectivity index (χ1n) is 8.69. The Kier molecular flexibility index (Phi) is 5.16. The molecule has 3 aromatic heterocycles. The number of pyridine rings is 1. The number of ether oxygens (including phenoxy) is 1. The maximum atomic E-state index is 12.5. The van der Waals surface area contributed by atoms with Gasteiger partial charge in [0.25, 0.3) is 5.91 Å². The summed E-state index contributed by atoms with van der Waals surface area (Å²) in [4.78, 5) is 17.9. The Bertz CT molecular complexity index is 1090. The molecule has 0 aliphatic carbocycles. The zero-order valence-corrected chi connectivity index (χ0v) is 16.0. The van der Waals surface area contributed by atoms with Crippen molar-refractivity contribution < 1.29 is 9.53 Å². The van der Waals surface area contributed by atoms with Crippen molar-refractivity contribution in [3.63, 3.8) is 0 Å². The van der Waals surface area contributed by atoms with Crippen LogP contribution in [0, 0.1) is 0 Å². The van der Waals surface area contributed by atoms with Crippen LogP contribution in [0.2, 0.25) is 0 Å². The van der Waals surface area contributed by atoms with Crippen molar-refractivity contribution in [3.8, 4) is 27.4 Å². The van der Waals surface area contributed by atoms with E-state index in [1.807, 2.05) is 54.0 Å². The Morgan fingerprint density at radius 3 is 2.89 bits per heavy atom. The molecule has 2 N–H and O–H groups in total. The second kappa shape index (κ2) is 8.06. The summed E-state index contributed by atoms with van der Waals surface area (Å²) >= 11 is 1.66. The van der Waals surface area contributed by atoms with E-state index in [9.17, 15) is 4.79 Å². The van der Waals surface area contributed by atoms with Crippen molar-refractivity contribution in [2.75, 3.05) is 7.11 Å². The van der Waals surface area contributed by atoms with Gasteiger partial charge in [-0.15, -0.1) is 11.3 Å². The Hall–Kier alpha value is -3.45. The largest absolute Gasteiger partial charge is 0.496 e. The quantitative estimate of drug-likeness (QED) is 0.519. The van der Waals surface area contributed by atoms with E-state index < -0.39 is 0 Å². The molecule has 4 aromatic rings. The van der Waals surface area contributed by atoms with Crippen molar-refractivity contribution >= 4 is 17.2 Å². The number of aromatic amines is 1. The van der Waals surface area contributed by atoms with Crippen LogP contribution in [0.4, 0.5) is 0 Å². The summed E-state index contributed by atoms with van der Waals surface area (Å²) < 4.78 is 5.36. The normalized spacial score (nSPS) is 10.6. The van der Waals surface area contributed by atoms with Gasteiger partial charge in [-0.25, -0.2) is 0 Å². The molecule has 0 saturated carbocycles. The highest BCUT2D eigenvalue weighted by Crippen LogP contribution is 2.28. The summed E-state index contributed by atoms with van der Waals surface area (Å²) in [5.41, 5.74) is 3.85. The van der Waals surface area contributed by atoms with E-state index in [1.54, 1.807) is 30.7 Å². The molecule has 0 fully saturated rings. The molecule has 0 saturated heterocycles. The van der Waals surface area contributed by atoms with Crippen LogP contribution in [-0.4, -0.2) is 28.2 Å². The van der Waals surface area contributed by atoms with E-state index in [2.05, 4.69) is 20.5 Å². The average molecular weight is 390 g/mol. The lowest BCUT2D eigenvalue weighted by Crippen LogP contribution is -2.23. The van der Waals surface area contributed by atoms with Gasteiger partial charge in [0, 0.05) is 34.9 Å². The van der Waals surface area contributed by atoms with Crippen molar-refractivity contribution in [1.82, 2.24) is 20.5 Å². The summed E-state index contributed by atoms with van der Waals surface area (Å²) in [6, 6.07) is 15.4. The number of rotatable bonds is 6. The molecule has 0 radical (unpaired) electrons. The average Bonchev–Trinajstić information content (AvgIpc) is 3.44. The molecule has 0 unspecified atom stereocenters. The van der Waals surface area contributed by atoms with Gasteiger partial charge in [0.15, 0.2) is 0 Å². The van der Waals surface area contributed by atoms with Gasteiger partial charge >= 0.3 is 0 Å². The van der Waals surface area contributed by atoms with Crippen molar-refractivity contribution in [2.24, 2.45) is 0 Å². The highest BCUT2D eigenvalue weighted by molar-refractivity contribution is 7.13. The molecule has 3 heterocycles. The van der Waals surface area contributed by atoms with Crippen LogP contribution in [0.5, 0.6) is 5.75 Å². The monoisotopic (exact) mass is 390 g/mol. The number of para-hydroxylation sites is 1. The molecule has 140 valence electrons. The Balaban J connectivity index is 1.45. The van der Waals surface area contributed by atoms with Gasteiger partial charge in [-0.3, -0.25) is 14.9 Å². The number of nitrogens with zero attached hydrogens (tertiary/aromatic N) is 2. The fourth-order valence-corrected chi connectivity index (χ4v) is 3.58. The van der Waals surface area contributed by atoms with E-state index in [0.29, 0.717) is 23.7 Å². The first-order chi connectivity index (χ1) is 13.7. The SMILES string of the molecule is COc1ccccc1-c1cc(C(=O)NCc2cncc(-c3cccs3)c2)[nH]n1. The van der Waals surface area contributed by atoms with E-state index in [4.69, 9.17) is 4.74 Å². The van der Waals surface area contributed by atoms with Crippen LogP contribution in [0.1, 0.15) is 16.1 Å². The van der Waals surface area contributed by atoms with Crippen LogP contribution in [0.15, 0.2) is 66.3 Å². The highest BCUT2D eigenvalue weighted by atomic mass is 32.1. The van der Waals surface area contributed by atoms with Gasteiger partial charge < -0.3 is 10.1 Å². The summed E-state index contributed by atoms with van der Waals surface area (Å²) in [6.07, 6.45) is 3.58. The van der Waals surface area contributed by atoms with E-state index in [0.717, 1.165) is 21.6 Å². The summed E-state index contributed by atoms with van der Waals surface area (Å²) in [6.45, 7) is 0.383. The molecule has 1 aromatic carbocycles. The van der Waals surface area contributed by atoms with E-state index in [-0.39, 0.29) is 5.91 Å². The minimum Gasteiger partial charge on any atom is -0.496 e. The van der Waals surface area contributed by atoms with Crippen LogP contribution in [-0.2, 0) is 6.54 Å². The van der Waals surface area contributed by atoms with E-state index >= 15 is 0 Å². The fourth-order valence-electron chi connectivity index (χ4n) is 2.87. The van der Waals surface area contributed by atoms with Crippen LogP contribution in [0.25, 0.3) is 21.7 Å². The molecular formula is C21H18N4O2S. The third kappa shape index (κ3) is 3.79. The summed E-state index contributed by atoms with van der Waals surface area (Å²) in [7, 11) is 1.61. The lowest BCUT2D eigenvalue weighted by molar-refractivity contribution is 0.0946. The molecule has 0 atom stereocenters. The summed E-state index contributed by atoms with van der Waals surface area (Å²) in [5, 5.41) is 12.0. The minimum atomic E-state index is -0.227. The highest BCUT2D eigenvalue weighted by Gasteiger charge is 2.13. The molecule has 0 spiro atoms. The summed E-state index contributed by atoms with van der Waals surface area (Å²) in [5.74, 6) is 0.479. The number of H-pyrrole nitrogens is 1. The first kappa shape index (κ1) is 17.9. The Morgan fingerprint density at radius 1 is 1.18 bits per heavy atom. The number of amides is 1. The number of benzene rings is 1. The first-order valence-corrected chi connectivity index (χ1v) is 9.57. The van der Waals surface area contributed by atoms with Gasteiger partial charge in [0.05, 0.1) is 12.8 Å². The molecule has 7 heteroatoms. The molecule has 1 amide bonds. The fraction of sp³-hybridized carbons (Fsp3) is 0.0952. The van der Waals surface area contributed by atoms with Crippen LogP contribution in [0.3, 0.4) is 0 Å². The standard InChI is InChI=1S/C21H18N4O2S/c1-27-19-6-3-2-5-16(19)17-10-18(25-24-17)21(26)23-12-14-9-15(13-22-11-14)20-7-4-8-28-20/h2-11,13H,12H2,1H3,(H,23,26)(H,24,25). The molecular weight excluding hydrogens is 372 g/mol. The second-order valence-corrected chi connectivity index (χ2v) is 7.06. The number of hydrogen-bond acceptors (Lipinski definition) is 5. The third-order valence-electron chi connectivity index (χ3n) is 4.26. The number of carbonyl (C=O) groups is 1. The van der Waals surface area contributed by atoms with Gasteiger partial charge in [0.1, 0.15) is 11.4 Å². The Morgan fingerprint density at radius 2 is 2.07 bits per heavy atom. The van der Waals surface area contributed by atoms with Crippen molar-refractivity contribution in [3.05, 3.63) is 77.6 Å². The molecule has 6 nitrogen and oxygen atoms in total. The smallest absolute Gasteiger partial charge is 0.269 e. The van der Waals surface area contributed by atoms with Gasteiger partial charge in [0.2, 0.25) is 0 Å². The Labute approximate surface area is 166 Å². The second-order valence-electron chi connectivity index (χ2n) is 6.11. The molecule has 0 aliphatic rings. The zero-order chi connectivity index (χ0) is 19.3. The maximum absolute atomic E-state index is 12.5. The van der Waals surface area contributed by atoms with E-state index in [1.165, 1.54) is 0 Å². The number of carbonyl (C=O) groups excluding carboxylic acids is 1. The predicted molar refractivity (Wildman–Crippen MR) is 109 cm³/mol. The lowest BCUT2D eigenvalue weighted by Gasteiger charge is -2.05. The third-order valence-corrected chi connectivity index (χ3v) is 5.18. The number of thiophene rings is 1. The molecule has 28 heavy (non-hydrogen) atoms. The van der Waals surface area contributed by atoms with Crippen molar-refractivity contribution in [2.45, 2.75) is 6.54 Å². The lowest BCUT2D eigenvalue weighted by atomic mass is 10.1. The number of aromatic nitrogens is 3. The minimum absolute atomic E-state index is 0.227. The van der Waals surface area contributed by atoms with Crippen LogP contribution < -0.4 is 10.1 Å². The van der Waals surface area contributed by atoms with Gasteiger partial charge in [-0.2, -0.15) is 5.10 Å². The van der Waals surface area contributed by atoms with Gasteiger partial charge in [-0.1, -0.05) is 18.2 Å². The topological polar surface area (TPSA) is 79.9 Å².